The Bertz CT molecular complexity index is 480. The average Bonchev–Trinajstić information content (AvgIpc) is 2.62. The Morgan fingerprint density at radius 2 is 1.96 bits per heavy atom. The van der Waals surface area contributed by atoms with E-state index in [1.807, 2.05) is 17.0 Å². The van der Waals surface area contributed by atoms with Crippen molar-refractivity contribution in [1.82, 2.24) is 14.8 Å². The van der Waals surface area contributed by atoms with Gasteiger partial charge in [0, 0.05) is 45.5 Å². The maximum Gasteiger partial charge on any atom is 0.255 e. The summed E-state index contributed by atoms with van der Waals surface area (Å²) in [5.74, 6) is 0.892. The standard InChI is InChI=1S/C18H30N4O2/c1-3-8-22(9-4-2)18(23)16-5-6-17(20-15-16)19-7-10-21-11-13-24-14-12-21/h5-6,15H,3-4,7-14H2,1-2H3,(H,19,20). The SMILES string of the molecule is CCCN(CCC)C(=O)c1ccc(NCCN2CCOCC2)nc1. The molecule has 0 atom stereocenters. The summed E-state index contributed by atoms with van der Waals surface area (Å²) in [7, 11) is 0. The number of rotatable bonds is 9. The van der Waals surface area contributed by atoms with Gasteiger partial charge in [0.15, 0.2) is 0 Å². The molecule has 0 unspecified atom stereocenters. The van der Waals surface area contributed by atoms with Gasteiger partial charge in [0.05, 0.1) is 18.8 Å². The number of anilines is 1. The molecule has 1 amide bonds. The smallest absolute Gasteiger partial charge is 0.255 e. The van der Waals surface area contributed by atoms with E-state index >= 15 is 0 Å². The molecule has 2 heterocycles. The van der Waals surface area contributed by atoms with Crippen LogP contribution in [-0.2, 0) is 4.74 Å². The Morgan fingerprint density at radius 1 is 1.25 bits per heavy atom. The fourth-order valence-electron chi connectivity index (χ4n) is 2.83. The molecule has 0 spiro atoms. The normalized spacial score (nSPS) is 15.2. The van der Waals surface area contributed by atoms with Crippen LogP contribution in [0.15, 0.2) is 18.3 Å². The molecule has 6 nitrogen and oxygen atoms in total. The Morgan fingerprint density at radius 3 is 2.54 bits per heavy atom. The van der Waals surface area contributed by atoms with Crippen LogP contribution in [0.1, 0.15) is 37.0 Å². The molecule has 0 aliphatic carbocycles. The van der Waals surface area contributed by atoms with E-state index in [1.54, 1.807) is 6.20 Å². The molecule has 0 radical (unpaired) electrons. The van der Waals surface area contributed by atoms with E-state index in [4.69, 9.17) is 4.74 Å². The molecule has 24 heavy (non-hydrogen) atoms. The minimum atomic E-state index is 0.0751. The van der Waals surface area contributed by atoms with Crippen LogP contribution in [0.2, 0.25) is 0 Å². The lowest BCUT2D eigenvalue weighted by Crippen LogP contribution is -2.39. The van der Waals surface area contributed by atoms with Gasteiger partial charge < -0.3 is 15.0 Å². The van der Waals surface area contributed by atoms with Gasteiger partial charge in [-0.3, -0.25) is 9.69 Å². The minimum Gasteiger partial charge on any atom is -0.379 e. The van der Waals surface area contributed by atoms with Crippen LogP contribution in [0, 0.1) is 0 Å². The number of carbonyl (C=O) groups excluding carboxylic acids is 1. The Kier molecular flexibility index (Phi) is 7.98. The first-order valence-corrected chi connectivity index (χ1v) is 9.04. The van der Waals surface area contributed by atoms with Crippen LogP contribution in [0.5, 0.6) is 0 Å². The minimum absolute atomic E-state index is 0.0751. The van der Waals surface area contributed by atoms with Gasteiger partial charge in [-0.2, -0.15) is 0 Å². The van der Waals surface area contributed by atoms with Gasteiger partial charge in [-0.15, -0.1) is 0 Å². The van der Waals surface area contributed by atoms with Crippen molar-refractivity contribution in [2.45, 2.75) is 26.7 Å². The van der Waals surface area contributed by atoms with Gasteiger partial charge in [-0.1, -0.05) is 13.8 Å². The van der Waals surface area contributed by atoms with Crippen molar-refractivity contribution in [3.05, 3.63) is 23.9 Å². The lowest BCUT2D eigenvalue weighted by atomic mass is 10.2. The van der Waals surface area contributed by atoms with Crippen molar-refractivity contribution in [1.29, 1.82) is 0 Å². The fraction of sp³-hybridized carbons (Fsp3) is 0.667. The first kappa shape index (κ1) is 18.7. The van der Waals surface area contributed by atoms with E-state index in [0.717, 1.165) is 71.1 Å². The second kappa shape index (κ2) is 10.3. The Hall–Kier alpha value is -1.66. The van der Waals surface area contributed by atoms with Gasteiger partial charge in [0.1, 0.15) is 5.82 Å². The third-order valence-corrected chi connectivity index (χ3v) is 4.12. The number of nitrogens with one attached hydrogen (secondary N) is 1. The molecule has 0 aromatic carbocycles. The Balaban J connectivity index is 1.81. The highest BCUT2D eigenvalue weighted by Gasteiger charge is 2.14. The van der Waals surface area contributed by atoms with E-state index < -0.39 is 0 Å². The Labute approximate surface area is 145 Å². The molecule has 1 saturated heterocycles. The third-order valence-electron chi connectivity index (χ3n) is 4.12. The highest BCUT2D eigenvalue weighted by atomic mass is 16.5. The topological polar surface area (TPSA) is 57.7 Å². The van der Waals surface area contributed by atoms with Crippen LogP contribution in [0.25, 0.3) is 0 Å². The quantitative estimate of drug-likeness (QED) is 0.749. The fourth-order valence-corrected chi connectivity index (χ4v) is 2.83. The summed E-state index contributed by atoms with van der Waals surface area (Å²) < 4.78 is 5.34. The third kappa shape index (κ3) is 5.76. The summed E-state index contributed by atoms with van der Waals surface area (Å²) in [6, 6.07) is 3.76. The number of ether oxygens (including phenoxy) is 1. The molecule has 1 aromatic rings. The van der Waals surface area contributed by atoms with Crippen molar-refractivity contribution in [2.75, 3.05) is 57.8 Å². The number of hydrogen-bond acceptors (Lipinski definition) is 5. The van der Waals surface area contributed by atoms with E-state index in [9.17, 15) is 4.79 Å². The highest BCUT2D eigenvalue weighted by molar-refractivity contribution is 5.94. The molecule has 1 aliphatic rings. The van der Waals surface area contributed by atoms with Crippen LogP contribution in [0.4, 0.5) is 5.82 Å². The number of carbonyl (C=O) groups is 1. The second-order valence-electron chi connectivity index (χ2n) is 6.11. The van der Waals surface area contributed by atoms with Crippen molar-refractivity contribution in [2.24, 2.45) is 0 Å². The molecule has 1 fully saturated rings. The van der Waals surface area contributed by atoms with E-state index in [-0.39, 0.29) is 5.91 Å². The predicted octanol–water partition coefficient (Wildman–Crippen LogP) is 2.09. The largest absolute Gasteiger partial charge is 0.379 e. The van der Waals surface area contributed by atoms with Crippen molar-refractivity contribution >= 4 is 11.7 Å². The van der Waals surface area contributed by atoms with Crippen molar-refractivity contribution in [3.8, 4) is 0 Å². The maximum atomic E-state index is 12.5. The van der Waals surface area contributed by atoms with Crippen molar-refractivity contribution in [3.63, 3.8) is 0 Å². The highest BCUT2D eigenvalue weighted by Crippen LogP contribution is 2.09. The zero-order valence-electron chi connectivity index (χ0n) is 15.0. The zero-order chi connectivity index (χ0) is 17.2. The van der Waals surface area contributed by atoms with E-state index in [1.165, 1.54) is 0 Å². The van der Waals surface area contributed by atoms with Gasteiger partial charge in [0.2, 0.25) is 0 Å². The summed E-state index contributed by atoms with van der Waals surface area (Å²) in [5.41, 5.74) is 0.663. The van der Waals surface area contributed by atoms with Crippen LogP contribution >= 0.6 is 0 Å². The number of amides is 1. The van der Waals surface area contributed by atoms with Gasteiger partial charge in [0.25, 0.3) is 5.91 Å². The molecule has 1 aliphatic heterocycles. The molecule has 134 valence electrons. The monoisotopic (exact) mass is 334 g/mol. The van der Waals surface area contributed by atoms with E-state index in [0.29, 0.717) is 5.56 Å². The lowest BCUT2D eigenvalue weighted by molar-refractivity contribution is 0.0398. The molecular weight excluding hydrogens is 304 g/mol. The molecule has 0 bridgehead atoms. The number of aromatic nitrogens is 1. The van der Waals surface area contributed by atoms with Gasteiger partial charge in [-0.25, -0.2) is 4.98 Å². The summed E-state index contributed by atoms with van der Waals surface area (Å²) in [5, 5.41) is 3.32. The summed E-state index contributed by atoms with van der Waals surface area (Å²) in [4.78, 5) is 21.2. The molecule has 6 heteroatoms. The van der Waals surface area contributed by atoms with Crippen LogP contribution in [-0.4, -0.2) is 73.2 Å². The summed E-state index contributed by atoms with van der Waals surface area (Å²) >= 11 is 0. The van der Waals surface area contributed by atoms with Gasteiger partial charge >= 0.3 is 0 Å². The van der Waals surface area contributed by atoms with E-state index in [2.05, 4.69) is 29.0 Å². The molecule has 0 saturated carbocycles. The molecule has 1 aromatic heterocycles. The van der Waals surface area contributed by atoms with Gasteiger partial charge in [-0.05, 0) is 25.0 Å². The van der Waals surface area contributed by atoms with Crippen LogP contribution in [0.3, 0.4) is 0 Å². The lowest BCUT2D eigenvalue weighted by Gasteiger charge is -2.26. The molecule has 1 N–H and O–H groups in total. The zero-order valence-corrected chi connectivity index (χ0v) is 15.0. The predicted molar refractivity (Wildman–Crippen MR) is 96.5 cm³/mol. The first-order valence-electron chi connectivity index (χ1n) is 9.04. The first-order chi connectivity index (χ1) is 11.7. The second-order valence-corrected chi connectivity index (χ2v) is 6.11. The summed E-state index contributed by atoms with van der Waals surface area (Å²) in [6.45, 7) is 11.2. The maximum absolute atomic E-state index is 12.5. The van der Waals surface area contributed by atoms with Crippen LogP contribution < -0.4 is 5.32 Å². The van der Waals surface area contributed by atoms with Crippen molar-refractivity contribution < 1.29 is 9.53 Å². The average molecular weight is 334 g/mol. The number of hydrogen-bond donors (Lipinski definition) is 1. The molecule has 2 rings (SSSR count). The number of nitrogens with zero attached hydrogens (tertiary/aromatic N) is 3. The molecular formula is C18H30N4O2. The number of pyridine rings is 1. The summed E-state index contributed by atoms with van der Waals surface area (Å²) in [6.07, 6.45) is 3.62. The number of morpholine rings is 1.